The minimum atomic E-state index is -0.961. The summed E-state index contributed by atoms with van der Waals surface area (Å²) in [6.45, 7) is 5.80. The quantitative estimate of drug-likeness (QED) is 0.774. The van der Waals surface area contributed by atoms with Gasteiger partial charge in [-0.05, 0) is 50.1 Å². The molecule has 2 atom stereocenters. The molecule has 1 saturated carbocycles. The van der Waals surface area contributed by atoms with Gasteiger partial charge in [0.15, 0.2) is 0 Å². The highest BCUT2D eigenvalue weighted by Crippen LogP contribution is 2.55. The summed E-state index contributed by atoms with van der Waals surface area (Å²) in [5, 5.41) is 8.98. The zero-order valence-electron chi connectivity index (χ0n) is 15.7. The van der Waals surface area contributed by atoms with Crippen molar-refractivity contribution in [1.82, 2.24) is 4.90 Å². The van der Waals surface area contributed by atoms with Crippen LogP contribution in [0.5, 0.6) is 5.75 Å². The predicted molar refractivity (Wildman–Crippen MR) is 103 cm³/mol. The van der Waals surface area contributed by atoms with E-state index in [2.05, 4.69) is 0 Å². The molecule has 0 aromatic heterocycles. The van der Waals surface area contributed by atoms with Crippen molar-refractivity contribution in [3.8, 4) is 5.75 Å². The summed E-state index contributed by atoms with van der Waals surface area (Å²) in [6.07, 6.45) is 0.763. The van der Waals surface area contributed by atoms with Crippen LogP contribution >= 0.6 is 0 Å². The predicted octanol–water partition coefficient (Wildman–Crippen LogP) is 3.59. The van der Waals surface area contributed by atoms with Crippen LogP contribution in [0.15, 0.2) is 54.6 Å². The third-order valence-electron chi connectivity index (χ3n) is 5.38. The lowest BCUT2D eigenvalue weighted by molar-refractivity contribution is -0.134. The molecule has 1 amide bonds. The average Bonchev–Trinajstić information content (AvgIpc) is 3.44. The Bertz CT molecular complexity index is 799. The minimum Gasteiger partial charge on any atom is -0.493 e. The number of hydrogen-bond acceptors (Lipinski definition) is 3. The number of likely N-dealkylation sites (N-methyl/N-ethyl adjacent to an activating group) is 1. The average molecular weight is 367 g/mol. The Balaban J connectivity index is 1.75. The molecule has 1 N–H and O–H groups in total. The molecule has 142 valence electrons. The van der Waals surface area contributed by atoms with E-state index in [0.29, 0.717) is 25.4 Å². The summed E-state index contributed by atoms with van der Waals surface area (Å²) in [4.78, 5) is 26.1. The van der Waals surface area contributed by atoms with E-state index < -0.39 is 11.4 Å². The maximum Gasteiger partial charge on any atom is 0.335 e. The van der Waals surface area contributed by atoms with E-state index in [1.54, 1.807) is 12.1 Å². The van der Waals surface area contributed by atoms with E-state index in [0.717, 1.165) is 12.0 Å². The molecule has 2 aromatic carbocycles. The molecule has 0 bridgehead atoms. The summed E-state index contributed by atoms with van der Waals surface area (Å²) in [5.74, 6) is -0.0820. The first-order valence-corrected chi connectivity index (χ1v) is 9.34. The molecule has 1 aliphatic rings. The number of nitrogens with zero attached hydrogens (tertiary/aromatic N) is 1. The Hall–Kier alpha value is -2.82. The third-order valence-corrected chi connectivity index (χ3v) is 5.38. The molecule has 0 radical (unpaired) electrons. The van der Waals surface area contributed by atoms with Crippen LogP contribution < -0.4 is 4.74 Å². The van der Waals surface area contributed by atoms with Crippen molar-refractivity contribution in [1.29, 1.82) is 0 Å². The van der Waals surface area contributed by atoms with E-state index >= 15 is 0 Å². The maximum atomic E-state index is 13.2. The molecule has 2 aromatic rings. The summed E-state index contributed by atoms with van der Waals surface area (Å²) in [6, 6.07) is 16.3. The van der Waals surface area contributed by atoms with Gasteiger partial charge in [0, 0.05) is 19.0 Å². The van der Waals surface area contributed by atoms with Crippen LogP contribution in [0.1, 0.15) is 36.2 Å². The first-order chi connectivity index (χ1) is 13.0. The Morgan fingerprint density at radius 3 is 2.26 bits per heavy atom. The Morgan fingerprint density at radius 2 is 1.70 bits per heavy atom. The Labute approximate surface area is 159 Å². The fourth-order valence-corrected chi connectivity index (χ4v) is 3.69. The monoisotopic (exact) mass is 367 g/mol. The molecule has 0 aliphatic heterocycles. The fourth-order valence-electron chi connectivity index (χ4n) is 3.69. The highest BCUT2D eigenvalue weighted by atomic mass is 16.5. The van der Waals surface area contributed by atoms with Gasteiger partial charge in [-0.2, -0.15) is 0 Å². The molecule has 5 nitrogen and oxygen atoms in total. The van der Waals surface area contributed by atoms with Crippen LogP contribution in [-0.4, -0.2) is 41.6 Å². The highest BCUT2D eigenvalue weighted by Gasteiger charge is 2.62. The van der Waals surface area contributed by atoms with E-state index in [1.807, 2.05) is 49.1 Å². The molecule has 1 aliphatic carbocycles. The van der Waals surface area contributed by atoms with E-state index in [1.165, 1.54) is 12.1 Å². The van der Waals surface area contributed by atoms with Crippen molar-refractivity contribution in [2.24, 2.45) is 5.92 Å². The molecule has 27 heavy (non-hydrogen) atoms. The SMILES string of the molecule is CCN(CC)C(=O)[C@@]1(c2ccccc2)C[C@H]1COc1ccc(C(=O)O)cc1. The lowest BCUT2D eigenvalue weighted by atomic mass is 9.91. The zero-order chi connectivity index (χ0) is 19.4. The standard InChI is InChI=1S/C22H25NO4/c1-3-23(4-2)21(26)22(17-8-6-5-7-9-17)14-18(22)15-27-19-12-10-16(11-13-19)20(24)25/h5-13,18H,3-4,14-15H2,1-2H3,(H,24,25)/t18-,22+/m0/s1. The van der Waals surface area contributed by atoms with Crippen LogP contribution in [0.3, 0.4) is 0 Å². The minimum absolute atomic E-state index is 0.104. The summed E-state index contributed by atoms with van der Waals surface area (Å²) in [7, 11) is 0. The fraction of sp³-hybridized carbons (Fsp3) is 0.364. The van der Waals surface area contributed by atoms with Crippen molar-refractivity contribution < 1.29 is 19.4 Å². The van der Waals surface area contributed by atoms with Gasteiger partial charge >= 0.3 is 5.97 Å². The molecule has 0 unspecified atom stereocenters. The number of carboxylic acid groups (broad SMARTS) is 1. The second-order valence-corrected chi connectivity index (χ2v) is 6.86. The van der Waals surface area contributed by atoms with Gasteiger partial charge in [-0.1, -0.05) is 30.3 Å². The zero-order valence-corrected chi connectivity index (χ0v) is 15.7. The van der Waals surface area contributed by atoms with Crippen molar-refractivity contribution in [3.05, 3.63) is 65.7 Å². The van der Waals surface area contributed by atoms with Crippen molar-refractivity contribution in [3.63, 3.8) is 0 Å². The largest absolute Gasteiger partial charge is 0.493 e. The van der Waals surface area contributed by atoms with Crippen molar-refractivity contribution >= 4 is 11.9 Å². The maximum absolute atomic E-state index is 13.2. The number of ether oxygens (including phenoxy) is 1. The van der Waals surface area contributed by atoms with Crippen molar-refractivity contribution in [2.45, 2.75) is 25.7 Å². The lowest BCUT2D eigenvalue weighted by Gasteiger charge is -2.26. The molecule has 0 saturated heterocycles. The summed E-state index contributed by atoms with van der Waals surface area (Å²) in [5.41, 5.74) is 0.745. The second-order valence-electron chi connectivity index (χ2n) is 6.86. The first kappa shape index (κ1) is 19.0. The number of benzene rings is 2. The number of carbonyl (C=O) groups excluding carboxylic acids is 1. The highest BCUT2D eigenvalue weighted by molar-refractivity contribution is 5.92. The van der Waals surface area contributed by atoms with Gasteiger partial charge in [-0.15, -0.1) is 0 Å². The van der Waals surface area contributed by atoms with Gasteiger partial charge in [0.25, 0.3) is 0 Å². The normalized spacial score (nSPS) is 20.7. The number of carboxylic acids is 1. The Morgan fingerprint density at radius 1 is 1.07 bits per heavy atom. The van der Waals surface area contributed by atoms with Crippen LogP contribution in [0.2, 0.25) is 0 Å². The van der Waals surface area contributed by atoms with E-state index in [-0.39, 0.29) is 17.4 Å². The molecule has 3 rings (SSSR count). The third kappa shape index (κ3) is 3.68. The van der Waals surface area contributed by atoms with Gasteiger partial charge in [0.2, 0.25) is 5.91 Å². The molecular formula is C22H25NO4. The van der Waals surface area contributed by atoms with Gasteiger partial charge in [-0.3, -0.25) is 4.79 Å². The van der Waals surface area contributed by atoms with E-state index in [9.17, 15) is 9.59 Å². The molecule has 5 heteroatoms. The van der Waals surface area contributed by atoms with Gasteiger partial charge in [-0.25, -0.2) is 4.79 Å². The van der Waals surface area contributed by atoms with Gasteiger partial charge in [0.05, 0.1) is 17.6 Å². The Kier molecular flexibility index (Phi) is 5.49. The van der Waals surface area contributed by atoms with Crippen LogP contribution in [0, 0.1) is 5.92 Å². The number of carbonyl (C=O) groups is 2. The second kappa shape index (κ2) is 7.82. The molecule has 0 spiro atoms. The number of aromatic carboxylic acids is 1. The van der Waals surface area contributed by atoms with E-state index in [4.69, 9.17) is 9.84 Å². The smallest absolute Gasteiger partial charge is 0.335 e. The number of hydrogen-bond donors (Lipinski definition) is 1. The molecule has 0 heterocycles. The first-order valence-electron chi connectivity index (χ1n) is 9.34. The lowest BCUT2D eigenvalue weighted by Crippen LogP contribution is -2.40. The summed E-state index contributed by atoms with van der Waals surface area (Å²) >= 11 is 0. The molecule has 1 fully saturated rings. The van der Waals surface area contributed by atoms with Gasteiger partial charge in [0.1, 0.15) is 5.75 Å². The number of rotatable bonds is 8. The topological polar surface area (TPSA) is 66.8 Å². The van der Waals surface area contributed by atoms with Crippen LogP contribution in [0.25, 0.3) is 0 Å². The molecular weight excluding hydrogens is 342 g/mol. The van der Waals surface area contributed by atoms with Crippen LogP contribution in [-0.2, 0) is 10.2 Å². The van der Waals surface area contributed by atoms with Gasteiger partial charge < -0.3 is 14.7 Å². The number of amides is 1. The summed E-state index contributed by atoms with van der Waals surface area (Å²) < 4.78 is 5.87. The van der Waals surface area contributed by atoms with Crippen molar-refractivity contribution in [2.75, 3.05) is 19.7 Å². The van der Waals surface area contributed by atoms with Crippen LogP contribution in [0.4, 0.5) is 0 Å².